The van der Waals surface area contributed by atoms with Gasteiger partial charge in [-0.3, -0.25) is 4.79 Å². The van der Waals surface area contributed by atoms with Gasteiger partial charge in [0.15, 0.2) is 5.78 Å². The third-order valence-corrected chi connectivity index (χ3v) is 2.40. The number of carbonyl (C=O) groups excluding carboxylic acids is 1. The molecule has 14 heavy (non-hydrogen) atoms. The summed E-state index contributed by atoms with van der Waals surface area (Å²) in [5, 5.41) is 9.45. The number of Topliss-reactive ketones (excluding diaryl/α,β-unsaturated/α-hetero) is 1. The summed E-state index contributed by atoms with van der Waals surface area (Å²) in [4.78, 5) is 11.8. The second kappa shape index (κ2) is 2.82. The molecule has 1 heterocycles. The van der Waals surface area contributed by atoms with Crippen LogP contribution >= 0.6 is 0 Å². The molecule has 1 aromatic carbocycles. The first-order valence-electron chi connectivity index (χ1n) is 4.52. The summed E-state index contributed by atoms with van der Waals surface area (Å²) in [6.07, 6.45) is -0.407. The van der Waals surface area contributed by atoms with E-state index < -0.39 is 6.10 Å². The summed E-state index contributed by atoms with van der Waals surface area (Å²) < 4.78 is 5.21. The van der Waals surface area contributed by atoms with Gasteiger partial charge in [-0.2, -0.15) is 0 Å². The lowest BCUT2D eigenvalue weighted by Gasteiger charge is -2.01. The highest BCUT2D eigenvalue weighted by Gasteiger charge is 2.53. The van der Waals surface area contributed by atoms with Gasteiger partial charge in [0.25, 0.3) is 0 Å². The Hall–Kier alpha value is -1.35. The van der Waals surface area contributed by atoms with E-state index in [2.05, 4.69) is 0 Å². The van der Waals surface area contributed by atoms with E-state index in [0.29, 0.717) is 5.56 Å². The first kappa shape index (κ1) is 9.21. The van der Waals surface area contributed by atoms with Crippen molar-refractivity contribution in [2.24, 2.45) is 0 Å². The predicted molar refractivity (Wildman–Crippen MR) is 51.4 cm³/mol. The van der Waals surface area contributed by atoms with Crippen LogP contribution in [-0.4, -0.2) is 22.6 Å². The minimum absolute atomic E-state index is 0.0174. The number of hydrogen-bond acceptors (Lipinski definition) is 3. The summed E-state index contributed by atoms with van der Waals surface area (Å²) in [6.45, 7) is 3.71. The predicted octanol–water partition coefficient (Wildman–Crippen LogP) is 1.75. The number of rotatable bonds is 2. The second-order valence-electron chi connectivity index (χ2n) is 3.98. The maximum atomic E-state index is 11.8. The van der Waals surface area contributed by atoms with Crippen molar-refractivity contribution in [2.75, 3.05) is 0 Å². The number of ketones is 1. The standard InChI is InChI=1S/C11H12O3/c1-11(2)10(14-11)9(13)7-5-3-4-6-8(7)12/h3-6,10,12H,1-2H3. The molecule has 0 radical (unpaired) electrons. The molecule has 0 saturated carbocycles. The third kappa shape index (κ3) is 1.40. The molecule has 3 nitrogen and oxygen atoms in total. The van der Waals surface area contributed by atoms with Crippen molar-refractivity contribution < 1.29 is 14.6 Å². The topological polar surface area (TPSA) is 49.8 Å². The van der Waals surface area contributed by atoms with Crippen LogP contribution < -0.4 is 0 Å². The summed E-state index contributed by atoms with van der Waals surface area (Å²) >= 11 is 0. The third-order valence-electron chi connectivity index (χ3n) is 2.40. The number of aromatic hydroxyl groups is 1. The van der Waals surface area contributed by atoms with Gasteiger partial charge in [0, 0.05) is 0 Å². The Bertz CT molecular complexity index is 382. The molecule has 2 rings (SSSR count). The Morgan fingerprint density at radius 3 is 2.50 bits per heavy atom. The molecule has 1 aliphatic heterocycles. The number of epoxide rings is 1. The normalized spacial score (nSPS) is 23.1. The molecule has 1 unspecified atom stereocenters. The first-order chi connectivity index (χ1) is 6.52. The number of para-hydroxylation sites is 1. The van der Waals surface area contributed by atoms with Gasteiger partial charge in [0.05, 0.1) is 11.2 Å². The number of carbonyl (C=O) groups is 1. The number of benzene rings is 1. The Morgan fingerprint density at radius 1 is 1.43 bits per heavy atom. The number of hydrogen-bond donors (Lipinski definition) is 1. The maximum absolute atomic E-state index is 11.8. The number of phenolic OH excluding ortho intramolecular Hbond substituents is 1. The summed E-state index contributed by atoms with van der Waals surface area (Å²) in [5.41, 5.74) is -0.0394. The number of phenols is 1. The van der Waals surface area contributed by atoms with Crippen molar-refractivity contribution in [3.05, 3.63) is 29.8 Å². The Kier molecular flexibility index (Phi) is 1.86. The van der Waals surface area contributed by atoms with Crippen LogP contribution in [0.5, 0.6) is 5.75 Å². The minimum atomic E-state index is -0.407. The van der Waals surface area contributed by atoms with E-state index in [1.807, 2.05) is 13.8 Å². The molecule has 1 saturated heterocycles. The van der Waals surface area contributed by atoms with Crippen molar-refractivity contribution >= 4 is 5.78 Å². The van der Waals surface area contributed by atoms with Gasteiger partial charge >= 0.3 is 0 Å². The van der Waals surface area contributed by atoms with Crippen LogP contribution in [0.1, 0.15) is 24.2 Å². The van der Waals surface area contributed by atoms with Gasteiger partial charge in [-0.15, -0.1) is 0 Å². The average Bonchev–Trinajstić information content (AvgIpc) is 2.75. The molecular formula is C11H12O3. The summed E-state index contributed by atoms with van der Waals surface area (Å²) in [5.74, 6) is -0.128. The van der Waals surface area contributed by atoms with Gasteiger partial charge in [0.1, 0.15) is 11.9 Å². The molecule has 3 heteroatoms. The maximum Gasteiger partial charge on any atom is 0.198 e. The van der Waals surface area contributed by atoms with Gasteiger partial charge in [0.2, 0.25) is 0 Å². The smallest absolute Gasteiger partial charge is 0.198 e. The Morgan fingerprint density at radius 2 is 2.00 bits per heavy atom. The van der Waals surface area contributed by atoms with E-state index in [-0.39, 0.29) is 17.1 Å². The molecule has 0 amide bonds. The molecule has 0 aliphatic carbocycles. The minimum Gasteiger partial charge on any atom is -0.507 e. The highest BCUT2D eigenvalue weighted by molar-refractivity contribution is 6.03. The summed E-state index contributed by atoms with van der Waals surface area (Å²) in [7, 11) is 0. The van der Waals surface area contributed by atoms with Crippen LogP contribution in [0.3, 0.4) is 0 Å². The van der Waals surface area contributed by atoms with Gasteiger partial charge in [-0.25, -0.2) is 0 Å². The van der Waals surface area contributed by atoms with Crippen molar-refractivity contribution in [2.45, 2.75) is 25.6 Å². The second-order valence-corrected chi connectivity index (χ2v) is 3.98. The molecule has 1 aromatic rings. The van der Waals surface area contributed by atoms with Crippen LogP contribution in [-0.2, 0) is 4.74 Å². The SMILES string of the molecule is CC1(C)OC1C(=O)c1ccccc1O. The molecule has 0 aromatic heterocycles. The lowest BCUT2D eigenvalue weighted by atomic mass is 10.0. The average molecular weight is 192 g/mol. The van der Waals surface area contributed by atoms with E-state index in [1.54, 1.807) is 18.2 Å². The van der Waals surface area contributed by atoms with Crippen molar-refractivity contribution in [1.29, 1.82) is 0 Å². The fraction of sp³-hybridized carbons (Fsp3) is 0.364. The van der Waals surface area contributed by atoms with Crippen LogP contribution in [0.25, 0.3) is 0 Å². The lowest BCUT2D eigenvalue weighted by molar-refractivity contribution is 0.0951. The zero-order valence-electron chi connectivity index (χ0n) is 8.15. The van der Waals surface area contributed by atoms with E-state index in [4.69, 9.17) is 4.74 Å². The van der Waals surface area contributed by atoms with Gasteiger partial charge in [-0.05, 0) is 26.0 Å². The molecular weight excluding hydrogens is 180 g/mol. The van der Waals surface area contributed by atoms with E-state index in [1.165, 1.54) is 6.07 Å². The molecule has 74 valence electrons. The fourth-order valence-corrected chi connectivity index (χ4v) is 1.46. The van der Waals surface area contributed by atoms with E-state index >= 15 is 0 Å². The molecule has 0 spiro atoms. The van der Waals surface area contributed by atoms with Gasteiger partial charge in [-0.1, -0.05) is 12.1 Å². The molecule has 1 N–H and O–H groups in total. The lowest BCUT2D eigenvalue weighted by Crippen LogP contribution is -2.14. The zero-order valence-corrected chi connectivity index (χ0v) is 8.15. The van der Waals surface area contributed by atoms with E-state index in [0.717, 1.165) is 0 Å². The first-order valence-corrected chi connectivity index (χ1v) is 4.52. The van der Waals surface area contributed by atoms with Crippen LogP contribution in [0, 0.1) is 0 Å². The highest BCUT2D eigenvalue weighted by Crippen LogP contribution is 2.38. The molecule has 0 bridgehead atoms. The Balaban J connectivity index is 2.25. The van der Waals surface area contributed by atoms with Crippen LogP contribution in [0.4, 0.5) is 0 Å². The van der Waals surface area contributed by atoms with Crippen LogP contribution in [0.2, 0.25) is 0 Å². The molecule has 1 aliphatic rings. The van der Waals surface area contributed by atoms with Crippen molar-refractivity contribution in [3.63, 3.8) is 0 Å². The quantitative estimate of drug-likeness (QED) is 0.573. The molecule has 1 atom stereocenters. The highest BCUT2D eigenvalue weighted by atomic mass is 16.6. The summed E-state index contributed by atoms with van der Waals surface area (Å²) in [6, 6.07) is 6.52. The zero-order chi connectivity index (χ0) is 10.3. The van der Waals surface area contributed by atoms with Gasteiger partial charge < -0.3 is 9.84 Å². The fourth-order valence-electron chi connectivity index (χ4n) is 1.46. The Labute approximate surface area is 82.3 Å². The number of ether oxygens (including phenoxy) is 1. The molecule has 1 fully saturated rings. The van der Waals surface area contributed by atoms with Crippen molar-refractivity contribution in [3.8, 4) is 5.75 Å². The monoisotopic (exact) mass is 192 g/mol. The van der Waals surface area contributed by atoms with E-state index in [9.17, 15) is 9.90 Å². The van der Waals surface area contributed by atoms with Crippen molar-refractivity contribution in [1.82, 2.24) is 0 Å². The largest absolute Gasteiger partial charge is 0.507 e. The van der Waals surface area contributed by atoms with Crippen LogP contribution in [0.15, 0.2) is 24.3 Å².